The first-order chi connectivity index (χ1) is 16.0. The summed E-state index contributed by atoms with van der Waals surface area (Å²) in [5.41, 5.74) is 1.65. The SMILES string of the molecule is COc1cc(Cl)c(C)cc1NC(=O)CSc1nnc(-c2ccccc2F)n1Cc1ccco1. The molecule has 0 atom stereocenters. The number of aryl methyl sites for hydroxylation is 1. The van der Waals surface area contributed by atoms with E-state index in [4.69, 9.17) is 20.8 Å². The predicted octanol–water partition coefficient (Wildman–Crippen LogP) is 5.43. The number of benzene rings is 2. The number of ether oxygens (including phenoxy) is 1. The maximum absolute atomic E-state index is 14.4. The van der Waals surface area contributed by atoms with Gasteiger partial charge < -0.3 is 14.5 Å². The Kier molecular flexibility index (Phi) is 7.00. The molecule has 33 heavy (non-hydrogen) atoms. The van der Waals surface area contributed by atoms with Gasteiger partial charge in [-0.3, -0.25) is 9.36 Å². The van der Waals surface area contributed by atoms with Gasteiger partial charge in [0, 0.05) is 11.1 Å². The minimum Gasteiger partial charge on any atom is -0.495 e. The molecule has 170 valence electrons. The molecule has 0 fully saturated rings. The van der Waals surface area contributed by atoms with Crippen molar-refractivity contribution in [1.29, 1.82) is 0 Å². The first-order valence-corrected chi connectivity index (χ1v) is 11.3. The number of thioether (sulfide) groups is 1. The van der Waals surface area contributed by atoms with Gasteiger partial charge in [0.25, 0.3) is 0 Å². The third-order valence-corrected chi connectivity index (χ3v) is 6.19. The summed E-state index contributed by atoms with van der Waals surface area (Å²) in [6.45, 7) is 2.13. The largest absolute Gasteiger partial charge is 0.495 e. The number of carbonyl (C=O) groups is 1. The molecule has 1 N–H and O–H groups in total. The Morgan fingerprint density at radius 1 is 1.24 bits per heavy atom. The van der Waals surface area contributed by atoms with Crippen LogP contribution < -0.4 is 10.1 Å². The molecule has 0 aliphatic rings. The van der Waals surface area contributed by atoms with Crippen molar-refractivity contribution < 1.29 is 18.3 Å². The van der Waals surface area contributed by atoms with Gasteiger partial charge in [0.15, 0.2) is 11.0 Å². The van der Waals surface area contributed by atoms with Crippen molar-refractivity contribution in [2.24, 2.45) is 0 Å². The van der Waals surface area contributed by atoms with Gasteiger partial charge in [-0.2, -0.15) is 0 Å². The molecule has 0 aliphatic carbocycles. The zero-order chi connectivity index (χ0) is 23.4. The number of aromatic nitrogens is 3. The van der Waals surface area contributed by atoms with E-state index >= 15 is 0 Å². The molecule has 2 aromatic heterocycles. The van der Waals surface area contributed by atoms with E-state index in [1.807, 2.05) is 6.92 Å². The molecule has 1 amide bonds. The highest BCUT2D eigenvalue weighted by molar-refractivity contribution is 7.99. The molecule has 2 aromatic carbocycles. The van der Waals surface area contributed by atoms with Crippen LogP contribution in [0, 0.1) is 12.7 Å². The average Bonchev–Trinajstić information content (AvgIpc) is 3.45. The van der Waals surface area contributed by atoms with Crippen molar-refractivity contribution in [3.05, 3.63) is 77.0 Å². The standard InChI is InChI=1S/C23H20ClFN4O3S/c1-14-10-19(20(31-2)11-17(14)24)26-21(30)13-33-23-28-27-22(16-7-3-4-8-18(16)25)29(23)12-15-6-5-9-32-15/h3-11H,12-13H2,1-2H3,(H,26,30). The van der Waals surface area contributed by atoms with E-state index in [1.165, 1.54) is 24.9 Å². The molecule has 0 saturated heterocycles. The number of amides is 1. The Labute approximate surface area is 198 Å². The van der Waals surface area contributed by atoms with E-state index in [0.717, 1.165) is 5.56 Å². The van der Waals surface area contributed by atoms with Crippen LogP contribution in [0.5, 0.6) is 5.75 Å². The normalized spacial score (nSPS) is 10.9. The molecule has 10 heteroatoms. The average molecular weight is 487 g/mol. The Morgan fingerprint density at radius 3 is 2.79 bits per heavy atom. The third-order valence-electron chi connectivity index (χ3n) is 4.81. The highest BCUT2D eigenvalue weighted by Gasteiger charge is 2.19. The Balaban J connectivity index is 1.55. The third kappa shape index (κ3) is 5.20. The first kappa shape index (κ1) is 22.9. The summed E-state index contributed by atoms with van der Waals surface area (Å²) < 4.78 is 26.9. The van der Waals surface area contributed by atoms with Crippen LogP contribution in [0.1, 0.15) is 11.3 Å². The Bertz CT molecular complexity index is 1280. The monoisotopic (exact) mass is 486 g/mol. The zero-order valence-electron chi connectivity index (χ0n) is 17.8. The van der Waals surface area contributed by atoms with E-state index in [0.29, 0.717) is 38.8 Å². The molecule has 0 unspecified atom stereocenters. The lowest BCUT2D eigenvalue weighted by Gasteiger charge is -2.12. The number of anilines is 1. The van der Waals surface area contributed by atoms with Gasteiger partial charge >= 0.3 is 0 Å². The minimum atomic E-state index is -0.412. The van der Waals surface area contributed by atoms with Crippen LogP contribution in [0.3, 0.4) is 0 Å². The number of methoxy groups -OCH3 is 1. The maximum atomic E-state index is 14.4. The van der Waals surface area contributed by atoms with E-state index in [2.05, 4.69) is 15.5 Å². The van der Waals surface area contributed by atoms with Gasteiger partial charge in [-0.15, -0.1) is 10.2 Å². The molecule has 4 rings (SSSR count). The Morgan fingerprint density at radius 2 is 2.06 bits per heavy atom. The van der Waals surface area contributed by atoms with Gasteiger partial charge in [-0.05, 0) is 42.8 Å². The van der Waals surface area contributed by atoms with Crippen LogP contribution in [0.4, 0.5) is 10.1 Å². The fourth-order valence-electron chi connectivity index (χ4n) is 3.18. The highest BCUT2D eigenvalue weighted by Crippen LogP contribution is 2.32. The van der Waals surface area contributed by atoms with Crippen LogP contribution in [0.15, 0.2) is 64.4 Å². The van der Waals surface area contributed by atoms with Gasteiger partial charge in [0.2, 0.25) is 5.91 Å². The number of hydrogen-bond donors (Lipinski definition) is 1. The molecule has 0 aliphatic heterocycles. The highest BCUT2D eigenvalue weighted by atomic mass is 35.5. The lowest BCUT2D eigenvalue weighted by molar-refractivity contribution is -0.113. The number of nitrogens with one attached hydrogen (secondary N) is 1. The second-order valence-electron chi connectivity index (χ2n) is 7.09. The van der Waals surface area contributed by atoms with E-state index in [9.17, 15) is 9.18 Å². The summed E-state index contributed by atoms with van der Waals surface area (Å²) in [5.74, 6) is 0.845. The van der Waals surface area contributed by atoms with Gasteiger partial charge in [0.1, 0.15) is 17.3 Å². The fraction of sp³-hybridized carbons (Fsp3) is 0.174. The number of nitrogens with zero attached hydrogens (tertiary/aromatic N) is 3. The number of rotatable bonds is 8. The molecule has 0 spiro atoms. The summed E-state index contributed by atoms with van der Waals surface area (Å²) in [7, 11) is 1.51. The van der Waals surface area contributed by atoms with Crippen LogP contribution >= 0.6 is 23.4 Å². The van der Waals surface area contributed by atoms with Crippen molar-refractivity contribution in [3.63, 3.8) is 0 Å². The minimum absolute atomic E-state index is 0.0540. The van der Waals surface area contributed by atoms with E-state index in [1.54, 1.807) is 53.3 Å². The van der Waals surface area contributed by atoms with Crippen molar-refractivity contribution in [2.45, 2.75) is 18.6 Å². The van der Waals surface area contributed by atoms with Gasteiger partial charge in [-0.25, -0.2) is 4.39 Å². The van der Waals surface area contributed by atoms with Crippen molar-refractivity contribution in [2.75, 3.05) is 18.2 Å². The molecule has 4 aromatic rings. The summed E-state index contributed by atoms with van der Waals surface area (Å²) in [6, 6.07) is 13.3. The van der Waals surface area contributed by atoms with E-state index in [-0.39, 0.29) is 18.2 Å². The zero-order valence-corrected chi connectivity index (χ0v) is 19.4. The molecule has 7 nitrogen and oxygen atoms in total. The van der Waals surface area contributed by atoms with E-state index < -0.39 is 5.82 Å². The number of hydrogen-bond acceptors (Lipinski definition) is 6. The second kappa shape index (κ2) is 10.1. The topological polar surface area (TPSA) is 82.2 Å². The quantitative estimate of drug-likeness (QED) is 0.334. The fourth-order valence-corrected chi connectivity index (χ4v) is 4.08. The van der Waals surface area contributed by atoms with Crippen molar-refractivity contribution >= 4 is 35.0 Å². The Hall–Kier alpha value is -3.30. The van der Waals surface area contributed by atoms with Crippen LogP contribution in [-0.4, -0.2) is 33.5 Å². The summed E-state index contributed by atoms with van der Waals surface area (Å²) in [4.78, 5) is 12.7. The lowest BCUT2D eigenvalue weighted by Crippen LogP contribution is -2.15. The molecule has 0 saturated carbocycles. The molecular formula is C23H20ClFN4O3S. The first-order valence-electron chi connectivity index (χ1n) is 9.93. The molecular weight excluding hydrogens is 467 g/mol. The number of carbonyl (C=O) groups excluding carboxylic acids is 1. The maximum Gasteiger partial charge on any atom is 0.234 e. The molecule has 0 bridgehead atoms. The number of furan rings is 1. The molecule has 2 heterocycles. The summed E-state index contributed by atoms with van der Waals surface area (Å²) >= 11 is 7.32. The van der Waals surface area contributed by atoms with Crippen LogP contribution in [-0.2, 0) is 11.3 Å². The molecule has 0 radical (unpaired) electrons. The van der Waals surface area contributed by atoms with Crippen LogP contribution in [0.2, 0.25) is 5.02 Å². The van der Waals surface area contributed by atoms with Crippen molar-refractivity contribution in [3.8, 4) is 17.1 Å². The lowest BCUT2D eigenvalue weighted by atomic mass is 10.2. The second-order valence-corrected chi connectivity index (χ2v) is 8.44. The van der Waals surface area contributed by atoms with Crippen LogP contribution in [0.25, 0.3) is 11.4 Å². The summed E-state index contributed by atoms with van der Waals surface area (Å²) in [5, 5.41) is 12.2. The van der Waals surface area contributed by atoms with Gasteiger partial charge in [-0.1, -0.05) is 35.5 Å². The number of halogens is 2. The van der Waals surface area contributed by atoms with Gasteiger partial charge in [0.05, 0.1) is 36.9 Å². The smallest absolute Gasteiger partial charge is 0.234 e. The van der Waals surface area contributed by atoms with Crippen molar-refractivity contribution in [1.82, 2.24) is 14.8 Å². The predicted molar refractivity (Wildman–Crippen MR) is 125 cm³/mol. The summed E-state index contributed by atoms with van der Waals surface area (Å²) in [6.07, 6.45) is 1.56.